The molecule has 0 aliphatic heterocycles. The highest BCUT2D eigenvalue weighted by molar-refractivity contribution is 5.77. The van der Waals surface area contributed by atoms with E-state index in [4.69, 9.17) is 21.0 Å². The summed E-state index contributed by atoms with van der Waals surface area (Å²) in [5.74, 6) is 0.0971. The highest BCUT2D eigenvalue weighted by atomic mass is 15.1. The second-order valence-corrected chi connectivity index (χ2v) is 5.83. The average Bonchev–Trinajstić information content (AvgIpc) is 2.78. The highest BCUT2D eigenvalue weighted by Gasteiger charge is 2.16. The molecule has 0 spiro atoms. The molecule has 0 unspecified atom stereocenters. The molecule has 0 saturated carbocycles. The first-order chi connectivity index (χ1) is 14.2. The molecule has 6 heteroatoms. The van der Waals surface area contributed by atoms with Crippen molar-refractivity contribution >= 4 is 17.1 Å². The Morgan fingerprint density at radius 2 is 0.897 bits per heavy atom. The van der Waals surface area contributed by atoms with Crippen molar-refractivity contribution in [1.82, 2.24) is 4.98 Å². The van der Waals surface area contributed by atoms with Crippen molar-refractivity contribution < 1.29 is 0 Å². The molecular formula is C23H12N6. The normalized spacial score (nSPS) is 9.86. The van der Waals surface area contributed by atoms with Crippen LogP contribution in [-0.2, 0) is 0 Å². The molecule has 2 aromatic carbocycles. The zero-order valence-corrected chi connectivity index (χ0v) is 15.1. The lowest BCUT2D eigenvalue weighted by Crippen LogP contribution is -2.10. The van der Waals surface area contributed by atoms with Crippen LogP contribution in [-0.4, -0.2) is 4.98 Å². The van der Waals surface area contributed by atoms with Crippen LogP contribution in [0.5, 0.6) is 0 Å². The van der Waals surface area contributed by atoms with Gasteiger partial charge in [0.2, 0.25) is 11.8 Å². The molecule has 29 heavy (non-hydrogen) atoms. The minimum Gasteiger partial charge on any atom is -0.310 e. The molecule has 2 radical (unpaired) electrons. The summed E-state index contributed by atoms with van der Waals surface area (Å²) in [6.45, 7) is 0. The Morgan fingerprint density at radius 3 is 1.24 bits per heavy atom. The Kier molecular flexibility index (Phi) is 5.82. The minimum absolute atomic E-state index is 0.0486. The number of hydrogen-bond acceptors (Lipinski definition) is 6. The van der Waals surface area contributed by atoms with Crippen molar-refractivity contribution in [2.24, 2.45) is 0 Å². The third kappa shape index (κ3) is 4.04. The number of pyridine rings is 1. The van der Waals surface area contributed by atoms with E-state index in [-0.39, 0.29) is 11.8 Å². The predicted octanol–water partition coefficient (Wildman–Crippen LogP) is 4.49. The van der Waals surface area contributed by atoms with Crippen LogP contribution in [0.4, 0.5) is 17.1 Å². The van der Waals surface area contributed by atoms with Gasteiger partial charge in [-0.25, -0.2) is 0 Å². The van der Waals surface area contributed by atoms with Crippen LogP contribution >= 0.6 is 0 Å². The highest BCUT2D eigenvalue weighted by Crippen LogP contribution is 2.35. The number of nitriles is 4. The summed E-state index contributed by atoms with van der Waals surface area (Å²) < 4.78 is 0. The van der Waals surface area contributed by atoms with Crippen LogP contribution in [0.25, 0.3) is 0 Å². The van der Waals surface area contributed by atoms with Gasteiger partial charge >= 0.3 is 0 Å². The number of aromatic nitrogens is 1. The van der Waals surface area contributed by atoms with E-state index in [1.54, 1.807) is 36.7 Å². The summed E-state index contributed by atoms with van der Waals surface area (Å²) in [7, 11) is 0. The van der Waals surface area contributed by atoms with Gasteiger partial charge < -0.3 is 4.90 Å². The fraction of sp³-hybridized carbons (Fsp3) is 0. The maximum Gasteiger partial charge on any atom is 0.204 e. The third-order valence-electron chi connectivity index (χ3n) is 4.20. The summed E-state index contributed by atoms with van der Waals surface area (Å²) in [6, 6.07) is 25.4. The zero-order valence-electron chi connectivity index (χ0n) is 15.1. The molecular weight excluding hydrogens is 360 g/mol. The lowest BCUT2D eigenvalue weighted by molar-refractivity contribution is 1.23. The van der Waals surface area contributed by atoms with E-state index < -0.39 is 0 Å². The largest absolute Gasteiger partial charge is 0.310 e. The quantitative estimate of drug-likeness (QED) is 0.652. The number of nitrogens with zero attached hydrogens (tertiary/aromatic N) is 6. The van der Waals surface area contributed by atoms with Crippen molar-refractivity contribution in [3.05, 3.63) is 96.0 Å². The van der Waals surface area contributed by atoms with Gasteiger partial charge in [0.1, 0.15) is 0 Å². The Hall–Kier alpha value is -4.65. The van der Waals surface area contributed by atoms with Gasteiger partial charge in [-0.2, -0.15) is 21.0 Å². The molecule has 0 aliphatic rings. The first kappa shape index (κ1) is 19.1. The molecule has 6 nitrogen and oxygen atoms in total. The Labute approximate surface area is 168 Å². The molecule has 0 aliphatic carbocycles. The number of hydrogen-bond donors (Lipinski definition) is 0. The van der Waals surface area contributed by atoms with Gasteiger partial charge in [-0.3, -0.25) is 4.98 Å². The summed E-state index contributed by atoms with van der Waals surface area (Å²) in [4.78, 5) is 6.02. The summed E-state index contributed by atoms with van der Waals surface area (Å²) in [5, 5.41) is 36.2. The van der Waals surface area contributed by atoms with E-state index in [1.165, 1.54) is 0 Å². The molecule has 0 fully saturated rings. The van der Waals surface area contributed by atoms with Crippen molar-refractivity contribution in [3.8, 4) is 24.3 Å². The maximum absolute atomic E-state index is 9.05. The van der Waals surface area contributed by atoms with E-state index in [9.17, 15) is 0 Å². The summed E-state index contributed by atoms with van der Waals surface area (Å²) in [6.07, 6.45) is 3.36. The lowest BCUT2D eigenvalue weighted by atomic mass is 10.0. The second kappa shape index (κ2) is 8.83. The fourth-order valence-electron chi connectivity index (χ4n) is 2.80. The molecule has 1 aromatic heterocycles. The number of benzene rings is 2. The Bertz CT molecular complexity index is 1040. The van der Waals surface area contributed by atoms with Crippen LogP contribution in [0.3, 0.4) is 0 Å². The molecule has 134 valence electrons. The van der Waals surface area contributed by atoms with Gasteiger partial charge in [0.25, 0.3) is 0 Å². The molecule has 0 bridgehead atoms. The Morgan fingerprint density at radius 1 is 0.552 bits per heavy atom. The van der Waals surface area contributed by atoms with Gasteiger partial charge in [-0.1, -0.05) is 24.3 Å². The van der Waals surface area contributed by atoms with Crippen LogP contribution in [0, 0.1) is 57.2 Å². The molecule has 3 aromatic rings. The van der Waals surface area contributed by atoms with Crippen molar-refractivity contribution in [2.75, 3.05) is 4.90 Å². The first-order valence-corrected chi connectivity index (χ1v) is 8.47. The topological polar surface area (TPSA) is 111 Å². The average molecular weight is 372 g/mol. The van der Waals surface area contributed by atoms with Gasteiger partial charge in [0, 0.05) is 29.5 Å². The fourth-order valence-corrected chi connectivity index (χ4v) is 2.80. The summed E-state index contributed by atoms with van der Waals surface area (Å²) >= 11 is 0. The standard InChI is InChI=1S/C23H12N6/c24-13-19(14-25)17-1-5-21(6-2-17)29(23-9-11-28-12-10-23)22-7-3-18(4-8-22)20(15-26)16-27/h1-12H. The van der Waals surface area contributed by atoms with Crippen LogP contribution in [0.2, 0.25) is 0 Å². The monoisotopic (exact) mass is 372 g/mol. The van der Waals surface area contributed by atoms with E-state index >= 15 is 0 Å². The van der Waals surface area contributed by atoms with E-state index in [2.05, 4.69) is 4.98 Å². The number of anilines is 3. The van der Waals surface area contributed by atoms with Gasteiger partial charge in [0.15, 0.2) is 0 Å². The van der Waals surface area contributed by atoms with E-state index in [0.29, 0.717) is 11.1 Å². The van der Waals surface area contributed by atoms with Crippen molar-refractivity contribution in [3.63, 3.8) is 0 Å². The SMILES string of the molecule is N#C[C](C#N)c1ccc(N(c2ccncc2)c2ccc([C](C#N)C#N)cc2)cc1. The van der Waals surface area contributed by atoms with E-state index in [1.807, 2.05) is 65.6 Å². The maximum atomic E-state index is 9.05. The second-order valence-electron chi connectivity index (χ2n) is 5.83. The smallest absolute Gasteiger partial charge is 0.204 e. The molecule has 0 amide bonds. The van der Waals surface area contributed by atoms with Crippen LogP contribution in [0.15, 0.2) is 73.1 Å². The minimum atomic E-state index is 0.0486. The zero-order chi connectivity index (χ0) is 20.6. The third-order valence-corrected chi connectivity index (χ3v) is 4.20. The van der Waals surface area contributed by atoms with Crippen LogP contribution < -0.4 is 4.90 Å². The van der Waals surface area contributed by atoms with Gasteiger partial charge in [0.05, 0.1) is 24.3 Å². The molecule has 0 N–H and O–H groups in total. The molecule has 1 heterocycles. The van der Waals surface area contributed by atoms with Gasteiger partial charge in [-0.05, 0) is 47.5 Å². The first-order valence-electron chi connectivity index (χ1n) is 8.47. The van der Waals surface area contributed by atoms with E-state index in [0.717, 1.165) is 17.1 Å². The molecule has 0 atom stereocenters. The predicted molar refractivity (Wildman–Crippen MR) is 106 cm³/mol. The molecule has 3 rings (SSSR count). The van der Waals surface area contributed by atoms with Crippen molar-refractivity contribution in [1.29, 1.82) is 21.0 Å². The Balaban J connectivity index is 2.04. The molecule has 0 saturated heterocycles. The van der Waals surface area contributed by atoms with Crippen LogP contribution in [0.1, 0.15) is 11.1 Å². The van der Waals surface area contributed by atoms with Gasteiger partial charge in [-0.15, -0.1) is 0 Å². The summed E-state index contributed by atoms with van der Waals surface area (Å²) in [5.41, 5.74) is 3.58. The lowest BCUT2D eigenvalue weighted by Gasteiger charge is -2.25. The number of rotatable bonds is 5. The van der Waals surface area contributed by atoms with Crippen molar-refractivity contribution in [2.45, 2.75) is 0 Å².